The molecule has 0 unspecified atom stereocenters. The number of aromatic nitrogens is 1. The Kier molecular flexibility index (Phi) is 30.1. The zero-order chi connectivity index (χ0) is 73.1. The van der Waals surface area contributed by atoms with Crippen molar-refractivity contribution in [3.05, 3.63) is 96.2 Å². The van der Waals surface area contributed by atoms with Crippen molar-refractivity contribution in [3.63, 3.8) is 0 Å². The van der Waals surface area contributed by atoms with Gasteiger partial charge in [0.05, 0.1) is 70.6 Å². The zero-order valence-electron chi connectivity index (χ0n) is 63.9. The van der Waals surface area contributed by atoms with E-state index in [0.29, 0.717) is 66.3 Å². The molecular formula is C73H126N3O17PSi3. The highest BCUT2D eigenvalue weighted by atomic mass is 31.2. The summed E-state index contributed by atoms with van der Waals surface area (Å²) in [6, 6.07) is 14.1. The quantitative estimate of drug-likeness (QED) is 0.0211. The number of aliphatic hydroxyl groups is 2. The maximum atomic E-state index is 16.2. The van der Waals surface area contributed by atoms with Crippen molar-refractivity contribution in [1.29, 1.82) is 0 Å². The highest BCUT2D eigenvalue weighted by molar-refractivity contribution is 7.48. The lowest BCUT2D eigenvalue weighted by molar-refractivity contribution is -0.333. The molecule has 1 amide bonds. The number of amides is 1. The number of oxazole rings is 1. The third-order valence-corrected chi connectivity index (χ3v) is 36.5. The number of phosphoric acid groups is 1. The number of nitrogens with zero attached hydrogens (tertiary/aromatic N) is 2. The van der Waals surface area contributed by atoms with Gasteiger partial charge in [0.15, 0.2) is 42.7 Å². The number of likely N-dealkylation sites (N-methyl/N-ethyl adjacent to an activating group) is 1. The van der Waals surface area contributed by atoms with Crippen LogP contribution in [0.15, 0.2) is 77.9 Å². The van der Waals surface area contributed by atoms with Crippen LogP contribution in [0.2, 0.25) is 54.4 Å². The maximum Gasteiger partial charge on any atom is 0.475 e. The first-order valence-electron chi connectivity index (χ1n) is 34.6. The number of hydrogen-bond donors (Lipinski definition) is 3. The summed E-state index contributed by atoms with van der Waals surface area (Å²) in [6.07, 6.45) is 1.95. The molecule has 0 bridgehead atoms. The van der Waals surface area contributed by atoms with Crippen LogP contribution >= 0.6 is 7.82 Å². The van der Waals surface area contributed by atoms with Crippen LogP contribution in [0.25, 0.3) is 6.08 Å². The minimum atomic E-state index is -4.63. The Labute approximate surface area is 586 Å². The summed E-state index contributed by atoms with van der Waals surface area (Å²) in [5.74, 6) is -0.756. The number of carbonyl (C=O) groups excluding carboxylic acids is 1. The van der Waals surface area contributed by atoms with E-state index < -0.39 is 98.7 Å². The Balaban J connectivity index is 1.63. The van der Waals surface area contributed by atoms with Crippen LogP contribution in [0, 0.1) is 23.2 Å². The van der Waals surface area contributed by atoms with Gasteiger partial charge in [-0.1, -0.05) is 133 Å². The van der Waals surface area contributed by atoms with E-state index in [0.717, 1.165) is 0 Å². The van der Waals surface area contributed by atoms with Gasteiger partial charge < -0.3 is 66.5 Å². The number of aliphatic hydroxyl groups excluding tert-OH is 2. The number of hydrogen-bond acceptors (Lipinski definition) is 19. The van der Waals surface area contributed by atoms with Gasteiger partial charge in [-0.2, -0.15) is 0 Å². The highest BCUT2D eigenvalue weighted by Crippen LogP contribution is 2.63. The lowest BCUT2D eigenvalue weighted by Gasteiger charge is -2.53. The van der Waals surface area contributed by atoms with E-state index in [-0.39, 0.29) is 71.4 Å². The van der Waals surface area contributed by atoms with Gasteiger partial charge in [-0.3, -0.25) is 18.4 Å². The molecule has 1 spiro atoms. The molecule has 14 atom stereocenters. The molecule has 5 rings (SSSR count). The summed E-state index contributed by atoms with van der Waals surface area (Å²) in [4.78, 5) is 19.4. The Hall–Kier alpha value is -3.44. The van der Waals surface area contributed by atoms with Crippen molar-refractivity contribution in [3.8, 4) is 11.5 Å². The number of benzene rings is 2. The first-order valence-corrected chi connectivity index (χ1v) is 44.8. The number of phosphoric ester groups is 1. The van der Waals surface area contributed by atoms with Gasteiger partial charge in [0, 0.05) is 57.3 Å². The average molecular weight is 1430 g/mol. The molecule has 0 radical (unpaired) electrons. The average Bonchev–Trinajstić information content (AvgIpc) is 1.58. The number of carbonyl (C=O) groups is 1. The summed E-state index contributed by atoms with van der Waals surface area (Å²) in [6.45, 7) is 48.9. The smallest absolute Gasteiger partial charge is 0.475 e. The second-order valence-corrected chi connectivity index (χ2v) is 48.1. The summed E-state index contributed by atoms with van der Waals surface area (Å²) in [5, 5.41) is 23.7. The summed E-state index contributed by atoms with van der Waals surface area (Å²) in [5.41, 5.74) is 0.866. The van der Waals surface area contributed by atoms with Gasteiger partial charge in [0.2, 0.25) is 0 Å². The zero-order valence-corrected chi connectivity index (χ0v) is 67.8. The van der Waals surface area contributed by atoms with Gasteiger partial charge in [-0.25, -0.2) is 9.55 Å². The monoisotopic (exact) mass is 1430 g/mol. The Bertz CT molecular complexity index is 2940. The standard InChI is InChI=1S/C73H126N3O17PSi3/c1-28-49(2)65(93-97(26,27)71(11,12)13)51(4)59(91-95(22,23)69(5,6)7)43-60(84-21)66-67(90-94(80,86-45-52-34-38-55(82-19)39-35-52)87-46-53-36-40-56(83-20)41-37-53)72(14,15)73(89-66)44-61(92-96(24,25)70(8,9)10)50(3)58(88-73)32-29-31-54-47-85-62(75-54)33-30-42-74-68(79)64(78)63(77)57(48-81-18)76(16)17/h28-29,31,34-41,47,49-51,57-61,63-67,77-78H,1,30,32-33,42-46,48H2,2-27H3,(H,74,79)/b31-29+/t49-,50+,51-,57-,58-,59-,60-,61+,63-,64+,65-,66+,67-,73+/m0/s1. The Morgan fingerprint density at radius 2 is 1.36 bits per heavy atom. The largest absolute Gasteiger partial charge is 0.497 e. The minimum absolute atomic E-state index is 0.0423. The van der Waals surface area contributed by atoms with Gasteiger partial charge in [-0.05, 0) is 129 Å². The summed E-state index contributed by atoms with van der Waals surface area (Å²) in [7, 11) is -2.22. The molecule has 1 aromatic heterocycles. The molecule has 3 aromatic rings. The molecule has 2 aromatic carbocycles. The van der Waals surface area contributed by atoms with E-state index in [1.54, 1.807) is 46.6 Å². The molecule has 3 N–H and O–H groups in total. The molecule has 2 saturated heterocycles. The predicted octanol–water partition coefficient (Wildman–Crippen LogP) is 14.9. The van der Waals surface area contributed by atoms with Crippen LogP contribution in [0.4, 0.5) is 0 Å². The van der Waals surface area contributed by atoms with Crippen LogP contribution in [0.3, 0.4) is 0 Å². The number of methoxy groups -OCH3 is 4. The van der Waals surface area contributed by atoms with E-state index in [4.69, 9.17) is 64.7 Å². The number of ether oxygens (including phenoxy) is 6. The molecule has 2 aliphatic rings. The van der Waals surface area contributed by atoms with Crippen molar-refractivity contribution < 1.29 is 79.3 Å². The van der Waals surface area contributed by atoms with Gasteiger partial charge in [0.25, 0.3) is 5.91 Å². The third-order valence-electron chi connectivity index (χ3n) is 21.6. The van der Waals surface area contributed by atoms with Crippen molar-refractivity contribution in [2.75, 3.05) is 55.7 Å². The molecule has 20 nitrogen and oxygen atoms in total. The van der Waals surface area contributed by atoms with Gasteiger partial charge in [0.1, 0.15) is 41.8 Å². The van der Waals surface area contributed by atoms with Crippen molar-refractivity contribution in [1.82, 2.24) is 15.2 Å². The van der Waals surface area contributed by atoms with Gasteiger partial charge >= 0.3 is 7.82 Å². The molecule has 552 valence electrons. The predicted molar refractivity (Wildman–Crippen MR) is 391 cm³/mol. The first-order chi connectivity index (χ1) is 44.9. The SMILES string of the molecule is C=C[C@H](C)[C@H](O[Si](C)(C)C(C)(C)C)[C@@H](C)[C@H](C[C@H](OC)[C@H]1O[C@]2(C[C@@H](O[Si](C)(C)C(C)(C)C)[C@H](C)[C@H](C/C=C/c3coc(CCCNC(=O)[C@H](O)[C@@H](O)[C@H](COC)N(C)C)n3)O2)C(C)(C)[C@H]1OP(=O)(OCc1ccc(OC)cc1)OCc1ccc(OC)cc1)O[Si](C)(C)C(C)(C)C. The van der Waals surface area contributed by atoms with Crippen molar-refractivity contribution >= 4 is 44.8 Å². The fourth-order valence-electron chi connectivity index (χ4n) is 11.6. The van der Waals surface area contributed by atoms with E-state index >= 15 is 4.57 Å². The number of rotatable bonds is 37. The van der Waals surface area contributed by atoms with E-state index in [2.05, 4.69) is 134 Å². The molecule has 0 aliphatic carbocycles. The lowest BCUT2D eigenvalue weighted by atomic mass is 9.72. The molecular weight excluding hydrogens is 1310 g/mol. The van der Waals surface area contributed by atoms with E-state index in [9.17, 15) is 15.0 Å². The molecule has 2 fully saturated rings. The van der Waals surface area contributed by atoms with Crippen LogP contribution in [-0.2, 0) is 74.8 Å². The normalized spacial score (nSPS) is 23.2. The fourth-order valence-corrected chi connectivity index (χ4v) is 17.4. The second kappa shape index (κ2) is 34.7. The molecule has 0 saturated carbocycles. The van der Waals surface area contributed by atoms with Crippen LogP contribution in [-0.4, -0.2) is 173 Å². The van der Waals surface area contributed by atoms with Gasteiger partial charge in [-0.15, -0.1) is 6.58 Å². The lowest BCUT2D eigenvalue weighted by Crippen LogP contribution is -2.60. The molecule has 97 heavy (non-hydrogen) atoms. The van der Waals surface area contributed by atoms with Crippen molar-refractivity contribution in [2.45, 2.75) is 263 Å². The number of aryl methyl sites for hydroxylation is 1. The van der Waals surface area contributed by atoms with Crippen LogP contribution < -0.4 is 14.8 Å². The van der Waals surface area contributed by atoms with Crippen molar-refractivity contribution in [2.24, 2.45) is 23.2 Å². The summed E-state index contributed by atoms with van der Waals surface area (Å²) < 4.78 is 104. The molecule has 2 aliphatic heterocycles. The van der Waals surface area contributed by atoms with E-state index in [1.807, 2.05) is 80.6 Å². The topological polar surface area (TPSA) is 227 Å². The Morgan fingerprint density at radius 1 is 0.825 bits per heavy atom. The molecule has 3 heterocycles. The minimum Gasteiger partial charge on any atom is -0.497 e. The Morgan fingerprint density at radius 3 is 1.85 bits per heavy atom. The maximum absolute atomic E-state index is 16.2. The third kappa shape index (κ3) is 21.8. The van der Waals surface area contributed by atoms with Crippen LogP contribution in [0.5, 0.6) is 11.5 Å². The fraction of sp³-hybridized carbons (Fsp3) is 0.726. The summed E-state index contributed by atoms with van der Waals surface area (Å²) >= 11 is 0. The highest BCUT2D eigenvalue weighted by Gasteiger charge is 2.69. The molecule has 24 heteroatoms. The van der Waals surface area contributed by atoms with Crippen LogP contribution in [0.1, 0.15) is 145 Å². The van der Waals surface area contributed by atoms with E-state index in [1.165, 1.54) is 7.11 Å². The first kappa shape index (κ1) is 84.2. The number of nitrogens with one attached hydrogen (secondary N) is 1. The second-order valence-electron chi connectivity index (χ2n) is 32.3.